The number of anilines is 1. The molecule has 138 valence electrons. The van der Waals surface area contributed by atoms with E-state index in [2.05, 4.69) is 9.46 Å². The SMILES string of the molecule is COC(=O)[C@H](C)OC(=O)c1cccc(S(=O)(=O)Nc2ccc(C)cc2)c1. The fraction of sp³-hybridized carbons (Fsp3) is 0.222. The van der Waals surface area contributed by atoms with Gasteiger partial charge >= 0.3 is 11.9 Å². The first-order valence-corrected chi connectivity index (χ1v) is 9.19. The predicted octanol–water partition coefficient (Wildman–Crippen LogP) is 2.51. The van der Waals surface area contributed by atoms with Crippen LogP contribution in [0.4, 0.5) is 5.69 Å². The summed E-state index contributed by atoms with van der Waals surface area (Å²) in [6.07, 6.45) is -1.10. The number of aryl methyl sites for hydroxylation is 1. The first-order valence-electron chi connectivity index (χ1n) is 7.71. The maximum Gasteiger partial charge on any atom is 0.346 e. The van der Waals surface area contributed by atoms with E-state index in [1.807, 2.05) is 6.92 Å². The van der Waals surface area contributed by atoms with Gasteiger partial charge in [0.25, 0.3) is 10.0 Å². The minimum atomic E-state index is -3.88. The fourth-order valence-electron chi connectivity index (χ4n) is 2.07. The Morgan fingerprint density at radius 3 is 2.35 bits per heavy atom. The molecular formula is C18H19NO6S. The predicted molar refractivity (Wildman–Crippen MR) is 95.3 cm³/mol. The molecule has 0 radical (unpaired) electrons. The number of ether oxygens (including phenoxy) is 2. The molecule has 26 heavy (non-hydrogen) atoms. The van der Waals surface area contributed by atoms with Gasteiger partial charge in [-0.2, -0.15) is 0 Å². The van der Waals surface area contributed by atoms with Crippen molar-refractivity contribution in [3.05, 3.63) is 59.7 Å². The summed E-state index contributed by atoms with van der Waals surface area (Å²) >= 11 is 0. The molecule has 0 unspecified atom stereocenters. The number of esters is 2. The fourth-order valence-corrected chi connectivity index (χ4v) is 3.17. The number of rotatable bonds is 6. The van der Waals surface area contributed by atoms with Gasteiger partial charge in [-0.05, 0) is 44.2 Å². The van der Waals surface area contributed by atoms with Crippen molar-refractivity contribution in [2.45, 2.75) is 24.8 Å². The maximum atomic E-state index is 12.5. The molecule has 0 amide bonds. The third kappa shape index (κ3) is 4.82. The summed E-state index contributed by atoms with van der Waals surface area (Å²) in [5.41, 5.74) is 1.41. The zero-order valence-corrected chi connectivity index (χ0v) is 15.4. The number of benzene rings is 2. The van der Waals surface area contributed by atoms with Gasteiger partial charge in [0.2, 0.25) is 0 Å². The van der Waals surface area contributed by atoms with Crippen molar-refractivity contribution in [1.82, 2.24) is 0 Å². The summed E-state index contributed by atoms with van der Waals surface area (Å²) in [6.45, 7) is 3.26. The average Bonchev–Trinajstić information content (AvgIpc) is 2.62. The number of sulfonamides is 1. The Bertz CT molecular complexity index is 906. The van der Waals surface area contributed by atoms with Gasteiger partial charge in [-0.15, -0.1) is 0 Å². The van der Waals surface area contributed by atoms with E-state index in [0.717, 1.165) is 5.56 Å². The molecule has 0 saturated carbocycles. The monoisotopic (exact) mass is 377 g/mol. The molecule has 0 fully saturated rings. The van der Waals surface area contributed by atoms with Gasteiger partial charge < -0.3 is 9.47 Å². The van der Waals surface area contributed by atoms with Crippen LogP contribution in [0.5, 0.6) is 0 Å². The first-order chi connectivity index (χ1) is 12.2. The van der Waals surface area contributed by atoms with Gasteiger partial charge in [-0.1, -0.05) is 23.8 Å². The molecule has 1 N–H and O–H groups in total. The quantitative estimate of drug-likeness (QED) is 0.777. The van der Waals surface area contributed by atoms with E-state index >= 15 is 0 Å². The van der Waals surface area contributed by atoms with Crippen molar-refractivity contribution >= 4 is 27.6 Å². The Morgan fingerprint density at radius 2 is 1.73 bits per heavy atom. The highest BCUT2D eigenvalue weighted by molar-refractivity contribution is 7.92. The van der Waals surface area contributed by atoms with Crippen molar-refractivity contribution in [2.75, 3.05) is 11.8 Å². The number of nitrogens with one attached hydrogen (secondary N) is 1. The molecule has 0 aliphatic carbocycles. The lowest BCUT2D eigenvalue weighted by atomic mass is 10.2. The zero-order chi connectivity index (χ0) is 19.3. The Morgan fingerprint density at radius 1 is 1.08 bits per heavy atom. The van der Waals surface area contributed by atoms with Crippen LogP contribution in [0.2, 0.25) is 0 Å². The van der Waals surface area contributed by atoms with E-state index in [1.54, 1.807) is 24.3 Å². The molecule has 0 heterocycles. The molecule has 0 spiro atoms. The summed E-state index contributed by atoms with van der Waals surface area (Å²) in [4.78, 5) is 23.3. The molecule has 2 aromatic carbocycles. The third-order valence-corrected chi connectivity index (χ3v) is 4.88. The van der Waals surface area contributed by atoms with Gasteiger partial charge in [-0.25, -0.2) is 18.0 Å². The van der Waals surface area contributed by atoms with Gasteiger partial charge in [-0.3, -0.25) is 4.72 Å². The zero-order valence-electron chi connectivity index (χ0n) is 14.6. The number of carbonyl (C=O) groups excluding carboxylic acids is 2. The van der Waals surface area contributed by atoms with Crippen LogP contribution in [0.25, 0.3) is 0 Å². The first kappa shape index (κ1) is 19.5. The summed E-state index contributed by atoms with van der Waals surface area (Å²) in [5, 5.41) is 0. The second-order valence-electron chi connectivity index (χ2n) is 5.57. The number of hydrogen-bond acceptors (Lipinski definition) is 6. The van der Waals surface area contributed by atoms with Crippen LogP contribution < -0.4 is 4.72 Å². The highest BCUT2D eigenvalue weighted by atomic mass is 32.2. The average molecular weight is 377 g/mol. The standard InChI is InChI=1S/C18H19NO6S/c1-12-7-9-15(10-8-12)19-26(22,23)16-6-4-5-14(11-16)18(21)25-13(2)17(20)24-3/h4-11,13,19H,1-3H3/t13-/m0/s1. The Labute approximate surface area is 152 Å². The van der Waals surface area contributed by atoms with E-state index < -0.39 is 28.1 Å². The Hall–Kier alpha value is -2.87. The molecule has 0 bridgehead atoms. The second-order valence-corrected chi connectivity index (χ2v) is 7.25. The summed E-state index contributed by atoms with van der Waals surface area (Å²) in [7, 11) is -2.70. The number of carbonyl (C=O) groups is 2. The topological polar surface area (TPSA) is 98.8 Å². The van der Waals surface area contributed by atoms with Crippen LogP contribution in [-0.4, -0.2) is 33.6 Å². The van der Waals surface area contributed by atoms with Gasteiger partial charge in [0.1, 0.15) is 0 Å². The maximum absolute atomic E-state index is 12.5. The molecule has 7 nitrogen and oxygen atoms in total. The molecule has 0 aromatic heterocycles. The van der Waals surface area contributed by atoms with Crippen molar-refractivity contribution in [3.63, 3.8) is 0 Å². The number of hydrogen-bond donors (Lipinski definition) is 1. The molecule has 0 aliphatic heterocycles. The Balaban J connectivity index is 2.20. The van der Waals surface area contributed by atoms with Crippen molar-refractivity contribution in [1.29, 1.82) is 0 Å². The van der Waals surface area contributed by atoms with E-state index in [4.69, 9.17) is 4.74 Å². The lowest BCUT2D eigenvalue weighted by Crippen LogP contribution is -2.25. The molecule has 8 heteroatoms. The summed E-state index contributed by atoms with van der Waals surface area (Å²) in [6, 6.07) is 12.2. The minimum absolute atomic E-state index is 0.00698. The number of methoxy groups -OCH3 is 1. The van der Waals surface area contributed by atoms with E-state index in [9.17, 15) is 18.0 Å². The van der Waals surface area contributed by atoms with Gasteiger partial charge in [0.15, 0.2) is 6.10 Å². The summed E-state index contributed by atoms with van der Waals surface area (Å²) < 4.78 is 36.9. The summed E-state index contributed by atoms with van der Waals surface area (Å²) in [5.74, 6) is -1.53. The van der Waals surface area contributed by atoms with Crippen LogP contribution in [0.3, 0.4) is 0 Å². The van der Waals surface area contributed by atoms with Crippen molar-refractivity contribution in [2.24, 2.45) is 0 Å². The Kier molecular flexibility index (Phi) is 5.99. The lowest BCUT2D eigenvalue weighted by molar-refractivity contribution is -0.149. The molecule has 0 aliphatic rings. The van der Waals surface area contributed by atoms with Crippen molar-refractivity contribution in [3.8, 4) is 0 Å². The highest BCUT2D eigenvalue weighted by Crippen LogP contribution is 2.18. The van der Waals surface area contributed by atoms with Crippen LogP contribution in [-0.2, 0) is 24.3 Å². The molecule has 2 rings (SSSR count). The van der Waals surface area contributed by atoms with E-state index in [1.165, 1.54) is 38.3 Å². The largest absolute Gasteiger partial charge is 0.466 e. The molecule has 0 saturated heterocycles. The molecule has 1 atom stereocenters. The van der Waals surface area contributed by atoms with Crippen LogP contribution in [0.1, 0.15) is 22.8 Å². The van der Waals surface area contributed by atoms with Gasteiger partial charge in [0, 0.05) is 5.69 Å². The van der Waals surface area contributed by atoms with Crippen LogP contribution in [0, 0.1) is 6.92 Å². The van der Waals surface area contributed by atoms with Crippen LogP contribution in [0.15, 0.2) is 53.4 Å². The normalized spacial score (nSPS) is 12.1. The van der Waals surface area contributed by atoms with E-state index in [0.29, 0.717) is 5.69 Å². The van der Waals surface area contributed by atoms with Crippen molar-refractivity contribution < 1.29 is 27.5 Å². The lowest BCUT2D eigenvalue weighted by Gasteiger charge is -2.12. The molecule has 2 aromatic rings. The molecular weight excluding hydrogens is 358 g/mol. The highest BCUT2D eigenvalue weighted by Gasteiger charge is 2.21. The van der Waals surface area contributed by atoms with E-state index in [-0.39, 0.29) is 10.5 Å². The minimum Gasteiger partial charge on any atom is -0.466 e. The third-order valence-electron chi connectivity index (χ3n) is 3.50. The smallest absolute Gasteiger partial charge is 0.346 e. The van der Waals surface area contributed by atoms with Gasteiger partial charge in [0.05, 0.1) is 17.6 Å². The van der Waals surface area contributed by atoms with Crippen LogP contribution >= 0.6 is 0 Å². The second kappa shape index (κ2) is 8.01.